The Bertz CT molecular complexity index is 1180. The van der Waals surface area contributed by atoms with Gasteiger partial charge >= 0.3 is 0 Å². The number of carbonyl (C=O) groups excluding carboxylic acids is 1. The average Bonchev–Trinajstić information content (AvgIpc) is 2.97. The summed E-state index contributed by atoms with van der Waals surface area (Å²) in [6.07, 6.45) is 6.60. The summed E-state index contributed by atoms with van der Waals surface area (Å²) in [5, 5.41) is 0. The number of amides is 1. The Balaban J connectivity index is 1.77. The molecule has 0 aromatic heterocycles. The molecule has 3 nitrogen and oxygen atoms in total. The van der Waals surface area contributed by atoms with Crippen molar-refractivity contribution in [3.05, 3.63) is 100 Å². The topological polar surface area (TPSA) is 52.3 Å². The fourth-order valence-corrected chi connectivity index (χ4v) is 3.84. The standard InChI is InChI=1S/C28H29F2NO2S/c1-18(14-20-4-3-5-21(15-20)28(31)32)6-7-19(2)25-16-24(34)11-13-27(25)33-17-22-8-9-23(29)10-12-26(22)30/h3-9,11,13,15-16,23,34H,10,12,14,17H2,1-2H3,(H2,31,32)/b18-6-,19-7+. The minimum Gasteiger partial charge on any atom is -0.488 e. The first-order valence-corrected chi connectivity index (χ1v) is 11.6. The highest BCUT2D eigenvalue weighted by atomic mass is 32.1. The van der Waals surface area contributed by atoms with E-state index in [0.29, 0.717) is 23.3 Å². The third-order valence-electron chi connectivity index (χ3n) is 5.58. The van der Waals surface area contributed by atoms with E-state index in [9.17, 15) is 13.6 Å². The number of hydrogen-bond donors (Lipinski definition) is 2. The molecule has 1 aliphatic carbocycles. The minimum atomic E-state index is -1.14. The van der Waals surface area contributed by atoms with Gasteiger partial charge in [0.2, 0.25) is 5.91 Å². The van der Waals surface area contributed by atoms with Crippen molar-refractivity contribution in [1.82, 2.24) is 0 Å². The van der Waals surface area contributed by atoms with E-state index in [2.05, 4.69) is 12.6 Å². The molecule has 178 valence electrons. The van der Waals surface area contributed by atoms with Gasteiger partial charge in [-0.1, -0.05) is 42.0 Å². The number of nitrogens with two attached hydrogens (primary N) is 1. The lowest BCUT2D eigenvalue weighted by molar-refractivity contribution is 0.1000. The molecule has 1 amide bonds. The van der Waals surface area contributed by atoms with Crippen molar-refractivity contribution in [2.75, 3.05) is 6.61 Å². The van der Waals surface area contributed by atoms with Crippen LogP contribution in [-0.2, 0) is 6.42 Å². The SMILES string of the molecule is C/C(=C/C=C(\C)c1cc(S)ccc1OCC1=C(F)CCC(F)C=C1)Cc1cccc(C(N)=O)c1. The predicted molar refractivity (Wildman–Crippen MR) is 137 cm³/mol. The molecule has 0 radical (unpaired) electrons. The maximum absolute atomic E-state index is 14.3. The maximum Gasteiger partial charge on any atom is 0.248 e. The third-order valence-corrected chi connectivity index (χ3v) is 5.86. The first-order chi connectivity index (χ1) is 16.2. The van der Waals surface area contributed by atoms with Crippen LogP contribution in [-0.4, -0.2) is 18.7 Å². The number of halogens is 2. The molecule has 0 spiro atoms. The van der Waals surface area contributed by atoms with E-state index in [1.54, 1.807) is 18.2 Å². The summed E-state index contributed by atoms with van der Waals surface area (Å²) in [6.45, 7) is 4.00. The highest BCUT2D eigenvalue weighted by Crippen LogP contribution is 2.30. The second-order valence-electron chi connectivity index (χ2n) is 8.42. The molecule has 2 aromatic rings. The van der Waals surface area contributed by atoms with Gasteiger partial charge in [0, 0.05) is 28.0 Å². The summed E-state index contributed by atoms with van der Waals surface area (Å²) in [7, 11) is 0. The van der Waals surface area contributed by atoms with E-state index in [1.807, 2.05) is 50.3 Å². The molecule has 2 N–H and O–H groups in total. The lowest BCUT2D eigenvalue weighted by Crippen LogP contribution is -2.10. The highest BCUT2D eigenvalue weighted by Gasteiger charge is 2.14. The molecule has 0 aliphatic heterocycles. The van der Waals surface area contributed by atoms with Crippen LogP contribution in [0, 0.1) is 0 Å². The Morgan fingerprint density at radius 3 is 2.76 bits per heavy atom. The van der Waals surface area contributed by atoms with Crippen LogP contribution in [0.4, 0.5) is 8.78 Å². The lowest BCUT2D eigenvalue weighted by atomic mass is 10.0. The Morgan fingerprint density at radius 2 is 2.00 bits per heavy atom. The number of thiol groups is 1. The van der Waals surface area contributed by atoms with Crippen LogP contribution in [0.15, 0.2) is 88.6 Å². The average molecular weight is 482 g/mol. The minimum absolute atomic E-state index is 0.0202. The first kappa shape index (κ1) is 25.5. The molecule has 0 saturated carbocycles. The van der Waals surface area contributed by atoms with Crippen LogP contribution in [0.5, 0.6) is 5.75 Å². The van der Waals surface area contributed by atoms with Crippen LogP contribution in [0.2, 0.25) is 0 Å². The molecule has 1 atom stereocenters. The van der Waals surface area contributed by atoms with Gasteiger partial charge in [-0.2, -0.15) is 0 Å². The molecule has 3 rings (SSSR count). The first-order valence-electron chi connectivity index (χ1n) is 11.1. The fourth-order valence-electron chi connectivity index (χ4n) is 3.64. The molecule has 0 saturated heterocycles. The maximum atomic E-state index is 14.3. The molecule has 0 heterocycles. The van der Waals surface area contributed by atoms with E-state index < -0.39 is 12.1 Å². The molecule has 2 aromatic carbocycles. The monoisotopic (exact) mass is 481 g/mol. The number of carbonyl (C=O) groups is 1. The second-order valence-corrected chi connectivity index (χ2v) is 8.93. The summed E-state index contributed by atoms with van der Waals surface area (Å²) >= 11 is 4.45. The fraction of sp³-hybridized carbons (Fsp3) is 0.250. The number of allylic oxidation sites excluding steroid dienone is 6. The zero-order valence-electron chi connectivity index (χ0n) is 19.4. The molecule has 1 unspecified atom stereocenters. The van der Waals surface area contributed by atoms with Gasteiger partial charge in [0.1, 0.15) is 24.4 Å². The summed E-state index contributed by atoms with van der Waals surface area (Å²) in [5.74, 6) is -0.186. The zero-order valence-corrected chi connectivity index (χ0v) is 20.2. The second kappa shape index (κ2) is 11.8. The molecule has 6 heteroatoms. The summed E-state index contributed by atoms with van der Waals surface area (Å²) < 4.78 is 33.8. The van der Waals surface area contributed by atoms with E-state index in [4.69, 9.17) is 10.5 Å². The van der Waals surface area contributed by atoms with Gasteiger partial charge in [0.05, 0.1) is 0 Å². The van der Waals surface area contributed by atoms with Gasteiger partial charge in [0.15, 0.2) is 0 Å². The van der Waals surface area contributed by atoms with Gasteiger partial charge in [-0.15, -0.1) is 12.6 Å². The zero-order chi connectivity index (χ0) is 24.7. The largest absolute Gasteiger partial charge is 0.488 e. The molecule has 0 fully saturated rings. The molecule has 0 bridgehead atoms. The van der Waals surface area contributed by atoms with E-state index in [1.165, 1.54) is 12.2 Å². The van der Waals surface area contributed by atoms with Crippen LogP contribution in [0.25, 0.3) is 5.57 Å². The summed E-state index contributed by atoms with van der Waals surface area (Å²) in [4.78, 5) is 12.2. The van der Waals surface area contributed by atoms with Crippen molar-refractivity contribution in [2.24, 2.45) is 5.73 Å². The highest BCUT2D eigenvalue weighted by molar-refractivity contribution is 7.80. The number of hydrogen-bond acceptors (Lipinski definition) is 3. The number of alkyl halides is 1. The van der Waals surface area contributed by atoms with Crippen molar-refractivity contribution in [1.29, 1.82) is 0 Å². The molecule has 1 aliphatic rings. The number of ether oxygens (including phenoxy) is 1. The quantitative estimate of drug-likeness (QED) is 0.316. The molecule has 34 heavy (non-hydrogen) atoms. The van der Waals surface area contributed by atoms with Crippen molar-refractivity contribution in [3.63, 3.8) is 0 Å². The van der Waals surface area contributed by atoms with Crippen molar-refractivity contribution in [3.8, 4) is 5.75 Å². The normalized spacial score (nSPS) is 17.0. The lowest BCUT2D eigenvalue weighted by Gasteiger charge is -2.13. The Labute approximate surface area is 205 Å². The van der Waals surface area contributed by atoms with Crippen LogP contribution in [0.3, 0.4) is 0 Å². The Kier molecular flexibility index (Phi) is 8.88. The Morgan fingerprint density at radius 1 is 1.21 bits per heavy atom. The summed E-state index contributed by atoms with van der Waals surface area (Å²) in [6, 6.07) is 12.8. The Hall–Kier alpha value is -3.12. The van der Waals surface area contributed by atoms with Gasteiger partial charge < -0.3 is 10.5 Å². The molecular weight excluding hydrogens is 452 g/mol. The number of benzene rings is 2. The van der Waals surface area contributed by atoms with Crippen molar-refractivity contribution >= 4 is 24.1 Å². The van der Waals surface area contributed by atoms with Crippen LogP contribution >= 0.6 is 12.6 Å². The smallest absolute Gasteiger partial charge is 0.248 e. The van der Waals surface area contributed by atoms with E-state index >= 15 is 0 Å². The van der Waals surface area contributed by atoms with Crippen LogP contribution in [0.1, 0.15) is 48.2 Å². The number of primary amides is 1. The van der Waals surface area contributed by atoms with Crippen molar-refractivity contribution in [2.45, 2.75) is 44.2 Å². The van der Waals surface area contributed by atoms with Gasteiger partial charge in [-0.25, -0.2) is 8.78 Å². The van der Waals surface area contributed by atoms with E-state index in [0.717, 1.165) is 27.2 Å². The third kappa shape index (κ3) is 7.19. The summed E-state index contributed by atoms with van der Waals surface area (Å²) in [5.41, 5.74) is 10.1. The number of rotatable bonds is 8. The van der Waals surface area contributed by atoms with Gasteiger partial charge in [-0.3, -0.25) is 4.79 Å². The predicted octanol–water partition coefficient (Wildman–Crippen LogP) is 6.96. The van der Waals surface area contributed by atoms with Crippen molar-refractivity contribution < 1.29 is 18.3 Å². The van der Waals surface area contributed by atoms with Gasteiger partial charge in [0.25, 0.3) is 0 Å². The molecular formula is C28H29F2NO2S. The van der Waals surface area contributed by atoms with Gasteiger partial charge in [-0.05, 0) is 68.2 Å². The van der Waals surface area contributed by atoms with E-state index in [-0.39, 0.29) is 25.3 Å². The van der Waals surface area contributed by atoms with Crippen LogP contribution < -0.4 is 10.5 Å².